The molecule has 0 aliphatic carbocycles. The van der Waals surface area contributed by atoms with Crippen molar-refractivity contribution in [3.05, 3.63) is 70.4 Å². The minimum atomic E-state index is -1.58. The predicted octanol–water partition coefficient (Wildman–Crippen LogP) is 10.4. The van der Waals surface area contributed by atoms with Crippen molar-refractivity contribution in [1.29, 1.82) is 0 Å². The molecule has 0 nitrogen and oxygen atoms in total. The Balaban J connectivity index is 4.05. The molecule has 0 saturated carbocycles. The summed E-state index contributed by atoms with van der Waals surface area (Å²) in [6, 6.07) is 0. The van der Waals surface area contributed by atoms with Crippen LogP contribution in [0.15, 0.2) is 70.4 Å². The maximum atomic E-state index is 12.0. The normalized spacial score (nSPS) is 13.5. The molecule has 0 rings (SSSR count). The minimum Gasteiger partial charge on any atom is -0.174 e. The SMILES string of the molecule is CC(C)=CCC/C(C)=C\CC/C(C)=C/CC/C=C(\C)CC/C=C(\C)CCC=C(F)F. The number of rotatable bonds is 15. The van der Waals surface area contributed by atoms with Crippen molar-refractivity contribution in [2.75, 3.05) is 0 Å². The average molecular weight is 419 g/mol. The Labute approximate surface area is 185 Å². The van der Waals surface area contributed by atoms with Crippen LogP contribution in [0.1, 0.15) is 106 Å². The van der Waals surface area contributed by atoms with E-state index in [1.165, 1.54) is 34.3 Å². The van der Waals surface area contributed by atoms with Gasteiger partial charge in [0.15, 0.2) is 0 Å². The van der Waals surface area contributed by atoms with Crippen LogP contribution in [0, 0.1) is 0 Å². The summed E-state index contributed by atoms with van der Waals surface area (Å²) < 4.78 is 24.0. The van der Waals surface area contributed by atoms with E-state index >= 15 is 0 Å². The lowest BCUT2D eigenvalue weighted by atomic mass is 10.0. The fraction of sp³-hybridized carbons (Fsp3) is 0.571. The largest absolute Gasteiger partial charge is 0.266 e. The minimum absolute atomic E-state index is 0.427. The summed E-state index contributed by atoms with van der Waals surface area (Å²) in [4.78, 5) is 0. The Morgan fingerprint density at radius 2 is 0.733 bits per heavy atom. The van der Waals surface area contributed by atoms with Crippen LogP contribution in [0.2, 0.25) is 0 Å². The number of allylic oxidation sites excluding steroid dienone is 11. The lowest BCUT2D eigenvalue weighted by Gasteiger charge is -2.02. The summed E-state index contributed by atoms with van der Waals surface area (Å²) in [6.07, 6.45) is 21.0. The van der Waals surface area contributed by atoms with Crippen molar-refractivity contribution in [2.24, 2.45) is 0 Å². The topological polar surface area (TPSA) is 0 Å². The molecule has 0 saturated heterocycles. The molecule has 0 atom stereocenters. The first-order chi connectivity index (χ1) is 14.2. The van der Waals surface area contributed by atoms with E-state index in [1.807, 2.05) is 6.92 Å². The molecule has 0 aliphatic heterocycles. The van der Waals surface area contributed by atoms with E-state index in [4.69, 9.17) is 0 Å². The zero-order valence-electron chi connectivity index (χ0n) is 20.3. The van der Waals surface area contributed by atoms with E-state index in [1.54, 1.807) is 0 Å². The van der Waals surface area contributed by atoms with Gasteiger partial charge in [0.05, 0.1) is 0 Å². The van der Waals surface area contributed by atoms with Gasteiger partial charge in [-0.25, -0.2) is 0 Å². The molecular formula is C28H44F2. The summed E-state index contributed by atoms with van der Waals surface area (Å²) in [5, 5.41) is 0. The van der Waals surface area contributed by atoms with Crippen molar-refractivity contribution in [2.45, 2.75) is 106 Å². The molecule has 0 unspecified atom stereocenters. The number of hydrogen-bond donors (Lipinski definition) is 0. The molecule has 0 fully saturated rings. The zero-order valence-corrected chi connectivity index (χ0v) is 20.3. The molecule has 0 aliphatic rings. The maximum absolute atomic E-state index is 12.0. The van der Waals surface area contributed by atoms with Gasteiger partial charge in [-0.3, -0.25) is 0 Å². The van der Waals surface area contributed by atoms with Gasteiger partial charge in [-0.2, -0.15) is 8.78 Å². The van der Waals surface area contributed by atoms with Crippen LogP contribution < -0.4 is 0 Å². The molecule has 0 N–H and O–H groups in total. The highest BCUT2D eigenvalue weighted by molar-refractivity contribution is 5.07. The third-order valence-corrected chi connectivity index (χ3v) is 5.14. The van der Waals surface area contributed by atoms with Crippen LogP contribution in [-0.4, -0.2) is 0 Å². The van der Waals surface area contributed by atoms with Gasteiger partial charge in [0, 0.05) is 0 Å². The number of halogens is 2. The number of hydrogen-bond acceptors (Lipinski definition) is 0. The smallest absolute Gasteiger partial charge is 0.174 e. The third-order valence-electron chi connectivity index (χ3n) is 5.14. The van der Waals surface area contributed by atoms with Gasteiger partial charge in [-0.15, -0.1) is 0 Å². The first kappa shape index (κ1) is 28.3. The van der Waals surface area contributed by atoms with Gasteiger partial charge in [0.1, 0.15) is 0 Å². The summed E-state index contributed by atoms with van der Waals surface area (Å²) >= 11 is 0. The van der Waals surface area contributed by atoms with Crippen molar-refractivity contribution < 1.29 is 8.78 Å². The third kappa shape index (κ3) is 19.6. The first-order valence-electron chi connectivity index (χ1n) is 11.5. The molecule has 0 amide bonds. The predicted molar refractivity (Wildman–Crippen MR) is 131 cm³/mol. The highest BCUT2D eigenvalue weighted by Crippen LogP contribution is 2.14. The molecule has 0 aromatic carbocycles. The molecule has 0 heterocycles. The molecule has 0 aromatic heterocycles. The standard InChI is InChI=1S/C28H44F2/c1-23(2)13-9-16-26(5)19-10-17-24(3)14-7-8-15-25(4)18-11-20-27(6)21-12-22-28(29)30/h13-15,19-20,22H,7-12,16-18,21H2,1-6H3/b24-14+,25-15+,26-19-,27-20+. The van der Waals surface area contributed by atoms with Gasteiger partial charge >= 0.3 is 0 Å². The van der Waals surface area contributed by atoms with Crippen molar-refractivity contribution in [3.63, 3.8) is 0 Å². The molecular weight excluding hydrogens is 374 g/mol. The second-order valence-electron chi connectivity index (χ2n) is 8.71. The quantitative estimate of drug-likeness (QED) is 0.183. The van der Waals surface area contributed by atoms with Gasteiger partial charge in [0.2, 0.25) is 0 Å². The second-order valence-corrected chi connectivity index (χ2v) is 8.71. The molecule has 0 radical (unpaired) electrons. The molecule has 2 heteroatoms. The molecule has 0 bridgehead atoms. The van der Waals surface area contributed by atoms with Crippen LogP contribution in [0.5, 0.6) is 0 Å². The van der Waals surface area contributed by atoms with Crippen molar-refractivity contribution in [1.82, 2.24) is 0 Å². The van der Waals surface area contributed by atoms with E-state index in [-0.39, 0.29) is 0 Å². The van der Waals surface area contributed by atoms with Crippen molar-refractivity contribution >= 4 is 0 Å². The fourth-order valence-electron chi connectivity index (χ4n) is 3.16. The van der Waals surface area contributed by atoms with Gasteiger partial charge in [-0.05, 0) is 112 Å². The van der Waals surface area contributed by atoms with Crippen LogP contribution in [0.25, 0.3) is 0 Å². The first-order valence-corrected chi connectivity index (χ1v) is 11.5. The maximum Gasteiger partial charge on any atom is 0.266 e. The zero-order chi connectivity index (χ0) is 22.8. The van der Waals surface area contributed by atoms with Gasteiger partial charge in [-0.1, -0.05) is 58.2 Å². The second kappa shape index (κ2) is 18.1. The molecule has 30 heavy (non-hydrogen) atoms. The molecule has 0 spiro atoms. The highest BCUT2D eigenvalue weighted by atomic mass is 19.3. The summed E-state index contributed by atoms with van der Waals surface area (Å²) in [5.41, 5.74) is 6.98. The van der Waals surface area contributed by atoms with E-state index in [0.717, 1.165) is 51.0 Å². The van der Waals surface area contributed by atoms with E-state index in [0.29, 0.717) is 12.8 Å². The molecule has 0 aromatic rings. The van der Waals surface area contributed by atoms with Crippen molar-refractivity contribution in [3.8, 4) is 0 Å². The highest BCUT2D eigenvalue weighted by Gasteiger charge is 1.95. The Hall–Kier alpha value is -1.70. The Morgan fingerprint density at radius 1 is 0.433 bits per heavy atom. The summed E-state index contributed by atoms with van der Waals surface area (Å²) in [7, 11) is 0. The summed E-state index contributed by atoms with van der Waals surface area (Å²) in [5.74, 6) is 0. The monoisotopic (exact) mass is 418 g/mol. The van der Waals surface area contributed by atoms with Crippen LogP contribution in [-0.2, 0) is 0 Å². The Bertz CT molecular complexity index is 588. The van der Waals surface area contributed by atoms with E-state index < -0.39 is 6.08 Å². The Kier molecular flexibility index (Phi) is 17.1. The lowest BCUT2D eigenvalue weighted by Crippen LogP contribution is -1.82. The van der Waals surface area contributed by atoms with Crippen LogP contribution in [0.3, 0.4) is 0 Å². The summed E-state index contributed by atoms with van der Waals surface area (Å²) in [6.45, 7) is 13.0. The van der Waals surface area contributed by atoms with Crippen LogP contribution >= 0.6 is 0 Å². The van der Waals surface area contributed by atoms with E-state index in [9.17, 15) is 8.78 Å². The van der Waals surface area contributed by atoms with E-state index in [2.05, 4.69) is 65.0 Å². The molecule has 170 valence electrons. The average Bonchev–Trinajstić information content (AvgIpc) is 2.64. The lowest BCUT2D eigenvalue weighted by molar-refractivity contribution is 0.417. The number of unbranched alkanes of at least 4 members (excludes halogenated alkanes) is 1. The fourth-order valence-corrected chi connectivity index (χ4v) is 3.16. The van der Waals surface area contributed by atoms with Gasteiger partial charge < -0.3 is 0 Å². The Morgan fingerprint density at radius 3 is 1.07 bits per heavy atom. The van der Waals surface area contributed by atoms with Gasteiger partial charge in [0.25, 0.3) is 6.08 Å². The van der Waals surface area contributed by atoms with Crippen LogP contribution in [0.4, 0.5) is 8.78 Å².